The summed E-state index contributed by atoms with van der Waals surface area (Å²) in [6.07, 6.45) is 8.24. The minimum atomic E-state index is -1.41. The number of halogens is 1. The molecule has 2 aromatic carbocycles. The molecule has 2 aromatic rings. The Bertz CT molecular complexity index is 1410. The number of fused-ring (bicyclic) bond motifs is 2. The molecule has 6 atom stereocenters. The summed E-state index contributed by atoms with van der Waals surface area (Å²) >= 11 is 6.14. The fourth-order valence-corrected chi connectivity index (χ4v) is 7.33. The van der Waals surface area contributed by atoms with Crippen molar-refractivity contribution in [3.8, 4) is 0 Å². The predicted molar refractivity (Wildman–Crippen MR) is 155 cm³/mol. The minimum Gasteiger partial charge on any atom is -0.394 e. The lowest BCUT2D eigenvalue weighted by Gasteiger charge is -2.40. The van der Waals surface area contributed by atoms with Crippen LogP contribution in [0.3, 0.4) is 0 Å². The third-order valence-corrected chi connectivity index (χ3v) is 9.16. The third-order valence-electron chi connectivity index (χ3n) is 8.90. The van der Waals surface area contributed by atoms with E-state index in [0.717, 1.165) is 6.42 Å². The quantitative estimate of drug-likeness (QED) is 0.530. The number of rotatable bonds is 6. The van der Waals surface area contributed by atoms with E-state index in [2.05, 4.69) is 0 Å². The maximum Gasteiger partial charge on any atom is 0.253 e. The molecule has 4 heterocycles. The summed E-state index contributed by atoms with van der Waals surface area (Å²) in [6.45, 7) is 4.69. The summed E-state index contributed by atoms with van der Waals surface area (Å²) < 4.78 is 6.90. The molecule has 2 fully saturated rings. The van der Waals surface area contributed by atoms with Crippen LogP contribution in [-0.2, 0) is 19.1 Å². The van der Waals surface area contributed by atoms with Crippen molar-refractivity contribution in [1.29, 1.82) is 0 Å². The standard InChI is InChI=1S/C32H34ClN3O5/c1-3-17-34-18-7-15-31(2)25(28(34)38)26-29(39)36(24(20-37)21-9-5-4-6-10-21)27-30(40)35(19-8-16-32(26,27)41-31)23-13-11-22(33)12-14-23/h4-16,24-27,37H,3,17-20H2,1-2H3/t24-,25-,26+,27?,31+,32+/m1/s1. The zero-order chi connectivity index (χ0) is 28.9. The van der Waals surface area contributed by atoms with Crippen molar-refractivity contribution in [2.24, 2.45) is 11.8 Å². The summed E-state index contributed by atoms with van der Waals surface area (Å²) in [7, 11) is 0. The van der Waals surface area contributed by atoms with Crippen molar-refractivity contribution >= 4 is 35.0 Å². The fourth-order valence-electron chi connectivity index (χ4n) is 7.20. The number of benzene rings is 2. The largest absolute Gasteiger partial charge is 0.394 e. The van der Waals surface area contributed by atoms with Crippen LogP contribution < -0.4 is 4.90 Å². The molecule has 0 aliphatic carbocycles. The number of hydrogen-bond acceptors (Lipinski definition) is 5. The Morgan fingerprint density at radius 2 is 1.66 bits per heavy atom. The van der Waals surface area contributed by atoms with Gasteiger partial charge in [0.25, 0.3) is 5.91 Å². The highest BCUT2D eigenvalue weighted by molar-refractivity contribution is 6.30. The first-order valence-electron chi connectivity index (χ1n) is 14.1. The zero-order valence-electron chi connectivity index (χ0n) is 23.2. The second-order valence-corrected chi connectivity index (χ2v) is 11.8. The predicted octanol–water partition coefficient (Wildman–Crippen LogP) is 3.76. The lowest BCUT2D eigenvalue weighted by molar-refractivity contribution is -0.151. The first-order valence-corrected chi connectivity index (χ1v) is 14.5. The molecule has 0 aromatic heterocycles. The van der Waals surface area contributed by atoms with E-state index in [1.165, 1.54) is 4.90 Å². The van der Waals surface area contributed by atoms with Gasteiger partial charge in [-0.25, -0.2) is 0 Å². The summed E-state index contributed by atoms with van der Waals surface area (Å²) in [6, 6.07) is 14.2. The van der Waals surface area contributed by atoms with Crippen LogP contribution in [0.5, 0.6) is 0 Å². The van der Waals surface area contributed by atoms with Crippen LogP contribution in [0.15, 0.2) is 78.9 Å². The lowest BCUT2D eigenvalue weighted by Crippen LogP contribution is -2.57. The molecular weight excluding hydrogens is 542 g/mol. The SMILES string of the molecule is CCCN1CC=C[C@]2(C)O[C@]34C=CCN(c5ccc(Cl)cc5)C(=O)C3N([C@H](CO)c3ccccc3)C(=O)[C@@H]4[C@@H]2C1=O. The summed E-state index contributed by atoms with van der Waals surface area (Å²) in [5.41, 5.74) is -1.18. The maximum absolute atomic E-state index is 14.7. The average Bonchev–Trinajstić information content (AvgIpc) is 3.24. The molecule has 8 nitrogen and oxygen atoms in total. The summed E-state index contributed by atoms with van der Waals surface area (Å²) in [5, 5.41) is 11.2. The normalized spacial score (nSPS) is 31.6. The van der Waals surface area contributed by atoms with E-state index in [1.807, 2.05) is 68.5 Å². The van der Waals surface area contributed by atoms with Crippen LogP contribution in [-0.4, -0.2) is 76.1 Å². The molecule has 214 valence electrons. The van der Waals surface area contributed by atoms with Crippen LogP contribution in [0.1, 0.15) is 31.9 Å². The van der Waals surface area contributed by atoms with Crippen LogP contribution in [0.2, 0.25) is 5.02 Å². The molecule has 1 N–H and O–H groups in total. The molecule has 4 aliphatic heterocycles. The fraction of sp³-hybridized carbons (Fsp3) is 0.406. The number of likely N-dealkylation sites (tertiary alicyclic amines) is 1. The smallest absolute Gasteiger partial charge is 0.253 e. The number of anilines is 1. The molecule has 1 unspecified atom stereocenters. The van der Waals surface area contributed by atoms with E-state index in [1.54, 1.807) is 34.1 Å². The number of carbonyl (C=O) groups is 3. The highest BCUT2D eigenvalue weighted by Crippen LogP contribution is 2.58. The Morgan fingerprint density at radius 3 is 2.34 bits per heavy atom. The molecule has 0 saturated carbocycles. The van der Waals surface area contributed by atoms with Crippen LogP contribution >= 0.6 is 11.6 Å². The van der Waals surface area contributed by atoms with Gasteiger partial charge in [0.1, 0.15) is 11.6 Å². The molecule has 3 amide bonds. The van der Waals surface area contributed by atoms with Crippen molar-refractivity contribution in [3.63, 3.8) is 0 Å². The second kappa shape index (κ2) is 10.4. The Kier molecular flexibility index (Phi) is 7.04. The molecule has 41 heavy (non-hydrogen) atoms. The molecule has 0 radical (unpaired) electrons. The van der Waals surface area contributed by atoms with Crippen LogP contribution in [0.25, 0.3) is 0 Å². The molecule has 0 bridgehead atoms. The van der Waals surface area contributed by atoms with Gasteiger partial charge in [-0.2, -0.15) is 0 Å². The van der Waals surface area contributed by atoms with E-state index in [4.69, 9.17) is 16.3 Å². The molecule has 1 spiro atoms. The number of aliphatic hydroxyl groups is 1. The average molecular weight is 576 g/mol. The molecule has 6 rings (SSSR count). The Hall–Kier alpha value is -3.46. The van der Waals surface area contributed by atoms with Crippen LogP contribution in [0.4, 0.5) is 5.69 Å². The van der Waals surface area contributed by atoms with Crippen molar-refractivity contribution in [2.75, 3.05) is 31.1 Å². The lowest BCUT2D eigenvalue weighted by atomic mass is 9.74. The summed E-state index contributed by atoms with van der Waals surface area (Å²) in [4.78, 5) is 48.4. The van der Waals surface area contributed by atoms with Crippen molar-refractivity contribution < 1.29 is 24.2 Å². The van der Waals surface area contributed by atoms with Crippen molar-refractivity contribution in [3.05, 3.63) is 89.5 Å². The molecule has 2 saturated heterocycles. The summed E-state index contributed by atoms with van der Waals surface area (Å²) in [5.74, 6) is -2.65. The van der Waals surface area contributed by atoms with Gasteiger partial charge in [0.15, 0.2) is 0 Å². The van der Waals surface area contributed by atoms with Gasteiger partial charge in [-0.05, 0) is 43.2 Å². The van der Waals surface area contributed by atoms with E-state index in [0.29, 0.717) is 29.4 Å². The van der Waals surface area contributed by atoms with Gasteiger partial charge in [0.05, 0.1) is 30.1 Å². The van der Waals surface area contributed by atoms with Gasteiger partial charge in [-0.3, -0.25) is 14.4 Å². The number of carbonyl (C=O) groups excluding carboxylic acids is 3. The monoisotopic (exact) mass is 575 g/mol. The number of nitrogens with zero attached hydrogens (tertiary/aromatic N) is 3. The number of hydrogen-bond donors (Lipinski definition) is 1. The second-order valence-electron chi connectivity index (χ2n) is 11.4. The van der Waals surface area contributed by atoms with E-state index in [-0.39, 0.29) is 24.3 Å². The Labute approximate surface area is 244 Å². The molecule has 9 heteroatoms. The zero-order valence-corrected chi connectivity index (χ0v) is 23.9. The minimum absolute atomic E-state index is 0.157. The Morgan fingerprint density at radius 1 is 0.951 bits per heavy atom. The van der Waals surface area contributed by atoms with Gasteiger partial charge >= 0.3 is 0 Å². The first kappa shape index (κ1) is 27.7. The van der Waals surface area contributed by atoms with Gasteiger partial charge < -0.3 is 24.5 Å². The number of ether oxygens (including phenoxy) is 1. The molecular formula is C32H34ClN3O5. The highest BCUT2D eigenvalue weighted by atomic mass is 35.5. The first-order chi connectivity index (χ1) is 19.8. The van der Waals surface area contributed by atoms with Gasteiger partial charge in [0, 0.05) is 30.3 Å². The number of amides is 3. The van der Waals surface area contributed by atoms with Crippen molar-refractivity contribution in [2.45, 2.75) is 43.6 Å². The van der Waals surface area contributed by atoms with Gasteiger partial charge in [-0.15, -0.1) is 0 Å². The van der Waals surface area contributed by atoms with E-state index < -0.39 is 41.7 Å². The Balaban J connectivity index is 1.53. The van der Waals surface area contributed by atoms with Gasteiger partial charge in [0.2, 0.25) is 11.8 Å². The third kappa shape index (κ3) is 4.23. The van der Waals surface area contributed by atoms with Crippen molar-refractivity contribution in [1.82, 2.24) is 9.80 Å². The van der Waals surface area contributed by atoms with Crippen LogP contribution in [0, 0.1) is 11.8 Å². The maximum atomic E-state index is 14.7. The molecule has 4 aliphatic rings. The number of aliphatic hydroxyl groups excluding tert-OH is 1. The van der Waals surface area contributed by atoms with E-state index in [9.17, 15) is 19.5 Å². The highest BCUT2D eigenvalue weighted by Gasteiger charge is 2.75. The topological polar surface area (TPSA) is 90.4 Å². The van der Waals surface area contributed by atoms with Gasteiger partial charge in [-0.1, -0.05) is 73.2 Å². The van der Waals surface area contributed by atoms with E-state index >= 15 is 0 Å².